The molecule has 2 aliphatic heterocycles. The van der Waals surface area contributed by atoms with E-state index < -0.39 is 5.41 Å². The molecule has 5 heteroatoms. The Morgan fingerprint density at radius 3 is 2.32 bits per heavy atom. The molecular formula is C26H33N3O2. The third kappa shape index (κ3) is 4.76. The van der Waals surface area contributed by atoms with Gasteiger partial charge in [-0.1, -0.05) is 45.0 Å². The molecule has 0 spiro atoms. The highest BCUT2D eigenvalue weighted by atomic mass is 16.2. The number of nitrogens with one attached hydrogen (secondary N) is 1. The molecule has 0 aliphatic carbocycles. The van der Waals surface area contributed by atoms with Gasteiger partial charge in [-0.15, -0.1) is 0 Å². The highest BCUT2D eigenvalue weighted by Crippen LogP contribution is 2.31. The van der Waals surface area contributed by atoms with Crippen LogP contribution in [0.4, 0.5) is 11.4 Å². The number of benzene rings is 2. The number of anilines is 2. The van der Waals surface area contributed by atoms with Gasteiger partial charge in [0.05, 0.1) is 5.56 Å². The molecule has 5 nitrogen and oxygen atoms in total. The van der Waals surface area contributed by atoms with Gasteiger partial charge >= 0.3 is 0 Å². The second kappa shape index (κ2) is 8.74. The number of fused-ring (bicyclic) bond motifs is 1. The van der Waals surface area contributed by atoms with Crippen LogP contribution in [0.25, 0.3) is 0 Å². The molecule has 0 aromatic heterocycles. The van der Waals surface area contributed by atoms with Gasteiger partial charge in [-0.2, -0.15) is 0 Å². The molecule has 0 bridgehead atoms. The number of hydrogen-bond donors (Lipinski definition) is 1. The lowest BCUT2D eigenvalue weighted by atomic mass is 9.95. The normalized spacial score (nSPS) is 16.6. The number of carbonyl (C=O) groups is 2. The van der Waals surface area contributed by atoms with Crippen LogP contribution in [0.15, 0.2) is 42.5 Å². The van der Waals surface area contributed by atoms with E-state index in [2.05, 4.69) is 34.5 Å². The molecule has 31 heavy (non-hydrogen) atoms. The quantitative estimate of drug-likeness (QED) is 0.773. The summed E-state index contributed by atoms with van der Waals surface area (Å²) in [7, 11) is 0. The van der Waals surface area contributed by atoms with Crippen molar-refractivity contribution < 1.29 is 9.59 Å². The van der Waals surface area contributed by atoms with Crippen molar-refractivity contribution in [2.45, 2.75) is 53.0 Å². The van der Waals surface area contributed by atoms with Gasteiger partial charge in [0.2, 0.25) is 5.91 Å². The van der Waals surface area contributed by atoms with E-state index in [4.69, 9.17) is 0 Å². The second-order valence-corrected chi connectivity index (χ2v) is 9.73. The molecule has 2 aliphatic rings. The number of rotatable bonds is 3. The van der Waals surface area contributed by atoms with Gasteiger partial charge in [-0.3, -0.25) is 9.59 Å². The smallest absolute Gasteiger partial charge is 0.256 e. The Bertz CT molecular complexity index is 971. The molecule has 0 saturated carbocycles. The fourth-order valence-corrected chi connectivity index (χ4v) is 4.35. The zero-order valence-corrected chi connectivity index (χ0v) is 18.9. The number of piperidine rings is 1. The van der Waals surface area contributed by atoms with Crippen LogP contribution >= 0.6 is 0 Å². The molecule has 0 radical (unpaired) electrons. The lowest BCUT2D eigenvalue weighted by Gasteiger charge is -2.34. The number of nitrogens with zero attached hydrogens (tertiary/aromatic N) is 2. The molecule has 1 N–H and O–H groups in total. The number of hydrogen-bond acceptors (Lipinski definition) is 3. The monoisotopic (exact) mass is 419 g/mol. The van der Waals surface area contributed by atoms with Crippen LogP contribution in [-0.4, -0.2) is 36.3 Å². The van der Waals surface area contributed by atoms with Crippen LogP contribution in [0.3, 0.4) is 0 Å². The van der Waals surface area contributed by atoms with E-state index in [1.54, 1.807) is 0 Å². The minimum Gasteiger partial charge on any atom is -0.366 e. The van der Waals surface area contributed by atoms with Crippen LogP contribution in [0.2, 0.25) is 0 Å². The molecular weight excluding hydrogens is 386 g/mol. The molecule has 0 unspecified atom stereocenters. The van der Waals surface area contributed by atoms with Crippen LogP contribution in [-0.2, 0) is 17.8 Å². The summed E-state index contributed by atoms with van der Waals surface area (Å²) in [6, 6.07) is 14.3. The summed E-state index contributed by atoms with van der Waals surface area (Å²) in [5, 5.41) is 3.00. The minimum atomic E-state index is -0.494. The average molecular weight is 420 g/mol. The summed E-state index contributed by atoms with van der Waals surface area (Å²) in [5.41, 5.74) is 4.53. The van der Waals surface area contributed by atoms with Gasteiger partial charge in [0, 0.05) is 43.0 Å². The first-order chi connectivity index (χ1) is 14.8. The number of amides is 2. The summed E-state index contributed by atoms with van der Waals surface area (Å²) >= 11 is 0. The van der Waals surface area contributed by atoms with Gasteiger partial charge < -0.3 is 15.1 Å². The summed E-state index contributed by atoms with van der Waals surface area (Å²) in [6.45, 7) is 8.96. The molecule has 2 aromatic carbocycles. The Labute approximate surface area is 185 Å². The van der Waals surface area contributed by atoms with Crippen molar-refractivity contribution in [3.8, 4) is 0 Å². The number of likely N-dealkylation sites (tertiary alicyclic amines) is 1. The van der Waals surface area contributed by atoms with Crippen molar-refractivity contribution >= 4 is 23.2 Å². The average Bonchev–Trinajstić information content (AvgIpc) is 2.78. The lowest BCUT2D eigenvalue weighted by molar-refractivity contribution is -0.123. The largest absolute Gasteiger partial charge is 0.366 e. The lowest BCUT2D eigenvalue weighted by Crippen LogP contribution is -2.38. The van der Waals surface area contributed by atoms with Crippen LogP contribution in [0.1, 0.15) is 61.5 Å². The van der Waals surface area contributed by atoms with Gasteiger partial charge in [0.1, 0.15) is 0 Å². The van der Waals surface area contributed by atoms with Crippen LogP contribution < -0.4 is 10.2 Å². The standard InChI is InChI=1S/C26H33N3O2/c1-26(2,3)25(31)27-21-11-12-23(22(17-21)24(30)28-14-7-4-8-15-28)29-16-13-19-9-5-6-10-20(19)18-29/h5-6,9-12,17H,4,7-8,13-16,18H2,1-3H3,(H,27,31). The maximum Gasteiger partial charge on any atom is 0.256 e. The Hall–Kier alpha value is -2.82. The summed E-state index contributed by atoms with van der Waals surface area (Å²) in [5.74, 6) is 0.0175. The zero-order valence-electron chi connectivity index (χ0n) is 18.9. The first-order valence-corrected chi connectivity index (χ1v) is 11.4. The molecule has 0 atom stereocenters. The van der Waals surface area contributed by atoms with E-state index >= 15 is 0 Å². The van der Waals surface area contributed by atoms with E-state index in [0.717, 1.165) is 51.1 Å². The van der Waals surface area contributed by atoms with Gasteiger partial charge in [0.25, 0.3) is 5.91 Å². The van der Waals surface area contributed by atoms with E-state index in [0.29, 0.717) is 11.3 Å². The van der Waals surface area contributed by atoms with Crippen molar-refractivity contribution in [3.63, 3.8) is 0 Å². The molecule has 1 fully saturated rings. The van der Waals surface area contributed by atoms with E-state index in [1.807, 2.05) is 43.9 Å². The Balaban J connectivity index is 1.67. The Morgan fingerprint density at radius 2 is 1.61 bits per heavy atom. The molecule has 4 rings (SSSR count). The summed E-state index contributed by atoms with van der Waals surface area (Å²) in [6.07, 6.45) is 4.26. The second-order valence-electron chi connectivity index (χ2n) is 9.73. The fourth-order valence-electron chi connectivity index (χ4n) is 4.35. The van der Waals surface area contributed by atoms with Crippen LogP contribution in [0, 0.1) is 5.41 Å². The van der Waals surface area contributed by atoms with Crippen molar-refractivity contribution in [1.82, 2.24) is 4.90 Å². The predicted octanol–water partition coefficient (Wildman–Crippen LogP) is 4.86. The molecule has 164 valence electrons. The van der Waals surface area contributed by atoms with Crippen molar-refractivity contribution in [2.75, 3.05) is 29.9 Å². The highest BCUT2D eigenvalue weighted by molar-refractivity contribution is 6.02. The fraction of sp³-hybridized carbons (Fsp3) is 0.462. The zero-order chi connectivity index (χ0) is 22.0. The first-order valence-electron chi connectivity index (χ1n) is 11.4. The third-order valence-corrected chi connectivity index (χ3v) is 6.28. The van der Waals surface area contributed by atoms with Crippen molar-refractivity contribution in [1.29, 1.82) is 0 Å². The maximum atomic E-state index is 13.5. The van der Waals surface area contributed by atoms with Gasteiger partial charge in [-0.25, -0.2) is 0 Å². The van der Waals surface area contributed by atoms with Gasteiger partial charge in [-0.05, 0) is 55.0 Å². The van der Waals surface area contributed by atoms with Gasteiger partial charge in [0.15, 0.2) is 0 Å². The summed E-state index contributed by atoms with van der Waals surface area (Å²) < 4.78 is 0. The van der Waals surface area contributed by atoms with Crippen molar-refractivity contribution in [2.24, 2.45) is 5.41 Å². The maximum absolute atomic E-state index is 13.5. The van der Waals surface area contributed by atoms with E-state index in [1.165, 1.54) is 17.5 Å². The summed E-state index contributed by atoms with van der Waals surface area (Å²) in [4.78, 5) is 30.3. The van der Waals surface area contributed by atoms with E-state index in [-0.39, 0.29) is 11.8 Å². The highest BCUT2D eigenvalue weighted by Gasteiger charge is 2.27. The SMILES string of the molecule is CC(C)(C)C(=O)Nc1ccc(N2CCc3ccccc3C2)c(C(=O)N2CCCCC2)c1. The minimum absolute atomic E-state index is 0.0523. The third-order valence-electron chi connectivity index (χ3n) is 6.28. The molecule has 2 heterocycles. The molecule has 1 saturated heterocycles. The number of carbonyl (C=O) groups excluding carboxylic acids is 2. The topological polar surface area (TPSA) is 52.7 Å². The molecule has 2 amide bonds. The first kappa shape index (κ1) is 21.4. The Morgan fingerprint density at radius 1 is 0.903 bits per heavy atom. The van der Waals surface area contributed by atoms with E-state index in [9.17, 15) is 9.59 Å². The predicted molar refractivity (Wildman–Crippen MR) is 125 cm³/mol. The van der Waals surface area contributed by atoms with Crippen LogP contribution in [0.5, 0.6) is 0 Å². The molecule has 2 aromatic rings. The Kier molecular flexibility index (Phi) is 6.03. The van der Waals surface area contributed by atoms with Crippen molar-refractivity contribution in [3.05, 3.63) is 59.2 Å².